The minimum absolute atomic E-state index is 0.0876. The molecular formula is C18H26N2O3. The Kier molecular flexibility index (Phi) is 6.02. The molecule has 2 amide bonds. The molecule has 5 heteroatoms. The number of hydrogen-bond donors (Lipinski definition) is 2. The van der Waals surface area contributed by atoms with Crippen molar-refractivity contribution in [1.82, 2.24) is 10.2 Å². The van der Waals surface area contributed by atoms with Gasteiger partial charge in [-0.2, -0.15) is 0 Å². The maximum absolute atomic E-state index is 12.3. The number of piperidine rings is 1. The number of hydrogen-bond acceptors (Lipinski definition) is 2. The van der Waals surface area contributed by atoms with Crippen molar-refractivity contribution in [2.45, 2.75) is 32.6 Å². The molecule has 0 bridgehead atoms. The Hall–Kier alpha value is -2.04. The average molecular weight is 318 g/mol. The van der Waals surface area contributed by atoms with Gasteiger partial charge >= 0.3 is 12.0 Å². The molecule has 5 nitrogen and oxygen atoms in total. The Balaban J connectivity index is 1.87. The van der Waals surface area contributed by atoms with Crippen LogP contribution in [0, 0.1) is 11.8 Å². The van der Waals surface area contributed by atoms with Crippen LogP contribution in [0.5, 0.6) is 0 Å². The molecule has 1 saturated heterocycles. The van der Waals surface area contributed by atoms with Gasteiger partial charge in [-0.05, 0) is 24.3 Å². The SMILES string of the molecule is CC(C)C(CNC(=O)N1CCC(C(=O)O)CC1)c1ccccc1. The molecule has 1 unspecified atom stereocenters. The lowest BCUT2D eigenvalue weighted by Gasteiger charge is -2.31. The summed E-state index contributed by atoms with van der Waals surface area (Å²) in [4.78, 5) is 25.0. The largest absolute Gasteiger partial charge is 0.481 e. The number of nitrogens with zero attached hydrogens (tertiary/aromatic N) is 1. The molecule has 0 radical (unpaired) electrons. The zero-order chi connectivity index (χ0) is 16.8. The highest BCUT2D eigenvalue weighted by Gasteiger charge is 2.27. The Morgan fingerprint density at radius 1 is 1.22 bits per heavy atom. The van der Waals surface area contributed by atoms with Crippen molar-refractivity contribution in [2.75, 3.05) is 19.6 Å². The van der Waals surface area contributed by atoms with Crippen LogP contribution in [0.3, 0.4) is 0 Å². The van der Waals surface area contributed by atoms with E-state index < -0.39 is 5.97 Å². The van der Waals surface area contributed by atoms with E-state index in [0.717, 1.165) is 0 Å². The van der Waals surface area contributed by atoms with E-state index in [2.05, 4.69) is 31.3 Å². The van der Waals surface area contributed by atoms with Gasteiger partial charge in [-0.3, -0.25) is 4.79 Å². The number of aliphatic carboxylic acids is 1. The fourth-order valence-electron chi connectivity index (χ4n) is 3.08. The summed E-state index contributed by atoms with van der Waals surface area (Å²) in [5.74, 6) is -0.368. The van der Waals surface area contributed by atoms with Gasteiger partial charge in [0.1, 0.15) is 0 Å². The van der Waals surface area contributed by atoms with Gasteiger partial charge in [0.15, 0.2) is 0 Å². The van der Waals surface area contributed by atoms with Gasteiger partial charge in [0.25, 0.3) is 0 Å². The maximum atomic E-state index is 12.3. The highest BCUT2D eigenvalue weighted by atomic mass is 16.4. The van der Waals surface area contributed by atoms with Crippen LogP contribution >= 0.6 is 0 Å². The summed E-state index contributed by atoms with van der Waals surface area (Å²) >= 11 is 0. The standard InChI is InChI=1S/C18H26N2O3/c1-13(2)16(14-6-4-3-5-7-14)12-19-18(23)20-10-8-15(9-11-20)17(21)22/h3-7,13,15-16H,8-12H2,1-2H3,(H,19,23)(H,21,22). The summed E-state index contributed by atoms with van der Waals surface area (Å²) in [6.45, 7) is 5.94. The Labute approximate surface area is 137 Å². The van der Waals surface area contributed by atoms with Gasteiger partial charge < -0.3 is 15.3 Å². The molecule has 1 aliphatic heterocycles. The van der Waals surface area contributed by atoms with E-state index in [-0.39, 0.29) is 17.9 Å². The van der Waals surface area contributed by atoms with E-state index >= 15 is 0 Å². The summed E-state index contributed by atoms with van der Waals surface area (Å²) in [6.07, 6.45) is 1.07. The molecule has 0 saturated carbocycles. The molecule has 1 aromatic carbocycles. The quantitative estimate of drug-likeness (QED) is 0.877. The molecule has 0 spiro atoms. The summed E-state index contributed by atoms with van der Waals surface area (Å²) < 4.78 is 0. The molecule has 1 aromatic rings. The number of nitrogens with one attached hydrogen (secondary N) is 1. The van der Waals surface area contributed by atoms with Gasteiger partial charge in [0.05, 0.1) is 5.92 Å². The number of benzene rings is 1. The maximum Gasteiger partial charge on any atom is 0.317 e. The first-order chi connectivity index (χ1) is 11.0. The molecule has 1 atom stereocenters. The third kappa shape index (κ3) is 4.71. The van der Waals surface area contributed by atoms with Gasteiger partial charge in [-0.25, -0.2) is 4.79 Å². The zero-order valence-electron chi connectivity index (χ0n) is 13.9. The van der Waals surface area contributed by atoms with Gasteiger partial charge in [0.2, 0.25) is 0 Å². The summed E-state index contributed by atoms with van der Waals surface area (Å²) in [5, 5.41) is 12.0. The predicted octanol–water partition coefficient (Wildman–Crippen LogP) is 2.93. The second kappa shape index (κ2) is 7.99. The highest BCUT2D eigenvalue weighted by Crippen LogP contribution is 2.23. The smallest absolute Gasteiger partial charge is 0.317 e. The van der Waals surface area contributed by atoms with Crippen molar-refractivity contribution in [3.8, 4) is 0 Å². The first-order valence-electron chi connectivity index (χ1n) is 8.29. The number of carboxylic acid groups (broad SMARTS) is 1. The summed E-state index contributed by atoms with van der Waals surface area (Å²) in [6, 6.07) is 10.1. The van der Waals surface area contributed by atoms with Crippen LogP contribution in [0.25, 0.3) is 0 Å². The first-order valence-corrected chi connectivity index (χ1v) is 8.29. The lowest BCUT2D eigenvalue weighted by atomic mass is 9.88. The van der Waals surface area contributed by atoms with E-state index in [9.17, 15) is 9.59 Å². The minimum Gasteiger partial charge on any atom is -0.481 e. The van der Waals surface area contributed by atoms with E-state index in [0.29, 0.717) is 38.4 Å². The number of likely N-dealkylation sites (tertiary alicyclic amines) is 1. The van der Waals surface area contributed by atoms with Crippen molar-refractivity contribution in [1.29, 1.82) is 0 Å². The Morgan fingerprint density at radius 2 is 1.83 bits per heavy atom. The molecule has 2 N–H and O–H groups in total. The van der Waals surface area contributed by atoms with E-state index in [1.54, 1.807) is 4.90 Å². The van der Waals surface area contributed by atoms with Crippen LogP contribution in [0.15, 0.2) is 30.3 Å². The van der Waals surface area contributed by atoms with Crippen LogP contribution < -0.4 is 5.32 Å². The van der Waals surface area contributed by atoms with Crippen LogP contribution in [0.1, 0.15) is 38.2 Å². The van der Waals surface area contributed by atoms with Crippen molar-refractivity contribution in [2.24, 2.45) is 11.8 Å². The number of urea groups is 1. The summed E-state index contributed by atoms with van der Waals surface area (Å²) in [7, 11) is 0. The van der Waals surface area contributed by atoms with Crippen LogP contribution in [-0.2, 0) is 4.79 Å². The third-order valence-electron chi connectivity index (χ3n) is 4.64. The second-order valence-electron chi connectivity index (χ2n) is 6.55. The van der Waals surface area contributed by atoms with Crippen molar-refractivity contribution >= 4 is 12.0 Å². The zero-order valence-corrected chi connectivity index (χ0v) is 13.9. The van der Waals surface area contributed by atoms with Gasteiger partial charge in [0, 0.05) is 25.6 Å². The van der Waals surface area contributed by atoms with E-state index in [4.69, 9.17) is 5.11 Å². The van der Waals surface area contributed by atoms with Gasteiger partial charge in [-0.1, -0.05) is 44.2 Å². The van der Waals surface area contributed by atoms with Gasteiger partial charge in [-0.15, -0.1) is 0 Å². The number of carbonyl (C=O) groups is 2. The van der Waals surface area contributed by atoms with E-state index in [1.807, 2.05) is 18.2 Å². The number of carboxylic acids is 1. The normalized spacial score (nSPS) is 17.1. The molecule has 1 aliphatic rings. The number of rotatable bonds is 5. The molecule has 1 fully saturated rings. The monoisotopic (exact) mass is 318 g/mol. The second-order valence-corrected chi connectivity index (χ2v) is 6.55. The van der Waals surface area contributed by atoms with Crippen LogP contribution in [0.4, 0.5) is 4.79 Å². The third-order valence-corrected chi connectivity index (χ3v) is 4.64. The van der Waals surface area contributed by atoms with Crippen LogP contribution in [0.2, 0.25) is 0 Å². The lowest BCUT2D eigenvalue weighted by Crippen LogP contribution is -2.46. The lowest BCUT2D eigenvalue weighted by molar-refractivity contribution is -0.143. The topological polar surface area (TPSA) is 69.6 Å². The molecule has 1 heterocycles. The summed E-state index contributed by atoms with van der Waals surface area (Å²) in [5.41, 5.74) is 1.23. The van der Waals surface area contributed by atoms with Crippen molar-refractivity contribution in [3.63, 3.8) is 0 Å². The molecule has 2 rings (SSSR count). The number of amides is 2. The fourth-order valence-corrected chi connectivity index (χ4v) is 3.08. The fraction of sp³-hybridized carbons (Fsp3) is 0.556. The molecule has 23 heavy (non-hydrogen) atoms. The van der Waals surface area contributed by atoms with Crippen molar-refractivity contribution in [3.05, 3.63) is 35.9 Å². The molecular weight excluding hydrogens is 292 g/mol. The van der Waals surface area contributed by atoms with E-state index in [1.165, 1.54) is 5.56 Å². The molecule has 0 aromatic heterocycles. The average Bonchev–Trinajstić information content (AvgIpc) is 2.55. The van der Waals surface area contributed by atoms with Crippen molar-refractivity contribution < 1.29 is 14.7 Å². The minimum atomic E-state index is -0.756. The highest BCUT2D eigenvalue weighted by molar-refractivity contribution is 5.75. The Morgan fingerprint density at radius 3 is 2.35 bits per heavy atom. The molecule has 126 valence electrons. The first kappa shape index (κ1) is 17.3. The molecule has 0 aliphatic carbocycles. The number of carbonyl (C=O) groups excluding carboxylic acids is 1. The predicted molar refractivity (Wildman–Crippen MR) is 89.4 cm³/mol. The van der Waals surface area contributed by atoms with Crippen LogP contribution in [-0.4, -0.2) is 41.6 Å². The Bertz CT molecular complexity index is 522.